The van der Waals surface area contributed by atoms with E-state index in [-0.39, 0.29) is 20.1 Å². The molecule has 4 rings (SSSR count). The normalized spacial score (nSPS) is 10.4. The van der Waals surface area contributed by atoms with E-state index in [9.17, 15) is 13.2 Å². The summed E-state index contributed by atoms with van der Waals surface area (Å²) < 4.78 is 58.9. The van der Waals surface area contributed by atoms with E-state index in [2.05, 4.69) is 22.1 Å². The Hall–Kier alpha value is -2.91. The summed E-state index contributed by atoms with van der Waals surface area (Å²) in [4.78, 5) is 8.44. The van der Waals surface area contributed by atoms with Crippen LogP contribution in [-0.2, 0) is 30.2 Å². The van der Waals surface area contributed by atoms with Gasteiger partial charge in [-0.05, 0) is 23.5 Å². The predicted molar refractivity (Wildman–Crippen MR) is 113 cm³/mol. The second kappa shape index (κ2) is 13.6. The van der Waals surface area contributed by atoms with E-state index in [0.717, 1.165) is 22.5 Å². The molecule has 0 radical (unpaired) electrons. The van der Waals surface area contributed by atoms with E-state index >= 15 is 0 Å². The molecule has 10 heteroatoms. The van der Waals surface area contributed by atoms with Crippen LogP contribution in [0, 0.1) is 12.1 Å². The van der Waals surface area contributed by atoms with Crippen LogP contribution in [0.2, 0.25) is 0 Å². The van der Waals surface area contributed by atoms with Crippen LogP contribution < -0.4 is 0 Å². The first-order valence-corrected chi connectivity index (χ1v) is 10.4. The average Bonchev–Trinajstić information content (AvgIpc) is 2.81. The molecule has 5 nitrogen and oxygen atoms in total. The second-order valence-corrected chi connectivity index (χ2v) is 7.25. The van der Waals surface area contributed by atoms with Crippen LogP contribution in [0.3, 0.4) is 0 Å². The molecule has 2 aromatic heterocycles. The van der Waals surface area contributed by atoms with E-state index in [1.165, 1.54) is 0 Å². The van der Waals surface area contributed by atoms with E-state index in [4.69, 9.17) is 13.0 Å². The first-order chi connectivity index (χ1) is 15.2. The fraction of sp³-hybridized carbons (Fsp3) is 0.0435. The van der Waals surface area contributed by atoms with Crippen molar-refractivity contribution in [3.05, 3.63) is 109 Å². The quantitative estimate of drug-likeness (QED) is 0.171. The van der Waals surface area contributed by atoms with Gasteiger partial charge in [0.15, 0.2) is 10.1 Å². The smallest absolute Gasteiger partial charge is 0.741 e. The average molecular weight is 650 g/mol. The third-order valence-electron chi connectivity index (χ3n) is 3.58. The standard InChI is InChI=1S/2C11H8N.CHF3O3S.Ir/c2*1-2-6-10(7-3-1)11-8-4-5-9-12-11;2-1(3,4)8(5,6)7;/h2*1-6,8-9H;(H,5,6,7);/q2*-1;;+3/p-1. The maximum Gasteiger partial charge on any atom is 3.00 e. The Kier molecular flexibility index (Phi) is 11.6. The zero-order valence-electron chi connectivity index (χ0n) is 16.7. The molecule has 0 bridgehead atoms. The molecule has 2 aromatic carbocycles. The maximum absolute atomic E-state index is 10.7. The van der Waals surface area contributed by atoms with Crippen molar-refractivity contribution in [3.8, 4) is 22.5 Å². The maximum atomic E-state index is 10.7. The molecule has 0 unspecified atom stereocenters. The third kappa shape index (κ3) is 10.0. The second-order valence-electron chi connectivity index (χ2n) is 5.88. The minimum atomic E-state index is -6.09. The summed E-state index contributed by atoms with van der Waals surface area (Å²) in [6.07, 6.45) is 3.58. The Labute approximate surface area is 203 Å². The molecule has 0 N–H and O–H groups in total. The zero-order chi connectivity index (χ0) is 23.5. The number of aromatic nitrogens is 2. The van der Waals surface area contributed by atoms with Crippen molar-refractivity contribution in [2.75, 3.05) is 0 Å². The zero-order valence-corrected chi connectivity index (χ0v) is 19.9. The Morgan fingerprint density at radius 3 is 1.30 bits per heavy atom. The largest absolute Gasteiger partial charge is 3.00 e. The van der Waals surface area contributed by atoms with Crippen LogP contribution in [0.5, 0.6) is 0 Å². The van der Waals surface area contributed by atoms with Crippen molar-refractivity contribution in [2.45, 2.75) is 5.51 Å². The molecule has 0 aliphatic rings. The van der Waals surface area contributed by atoms with Crippen molar-refractivity contribution in [3.63, 3.8) is 0 Å². The molecule has 0 atom stereocenters. The van der Waals surface area contributed by atoms with Gasteiger partial charge in [-0.1, -0.05) is 24.3 Å². The topological polar surface area (TPSA) is 83.0 Å². The molecular formula is C23H16F3IrN2O3S. The molecule has 0 fully saturated rings. The van der Waals surface area contributed by atoms with Gasteiger partial charge in [-0.25, -0.2) is 8.42 Å². The fourth-order valence-corrected chi connectivity index (χ4v) is 2.15. The third-order valence-corrected chi connectivity index (χ3v) is 4.15. The summed E-state index contributed by atoms with van der Waals surface area (Å²) in [6.45, 7) is 0. The van der Waals surface area contributed by atoms with E-state index < -0.39 is 15.6 Å². The molecule has 0 amide bonds. The molecule has 4 aromatic rings. The summed E-state index contributed by atoms with van der Waals surface area (Å²) in [7, 11) is -6.09. The molecule has 33 heavy (non-hydrogen) atoms. The summed E-state index contributed by atoms with van der Waals surface area (Å²) in [5.41, 5.74) is -1.63. The summed E-state index contributed by atoms with van der Waals surface area (Å²) >= 11 is 0. The van der Waals surface area contributed by atoms with Gasteiger partial charge in [0.05, 0.1) is 0 Å². The Balaban J connectivity index is 0.000000250. The van der Waals surface area contributed by atoms with Gasteiger partial charge in [0.1, 0.15) is 0 Å². The monoisotopic (exact) mass is 650 g/mol. The number of benzene rings is 2. The number of pyridine rings is 2. The molecule has 0 aliphatic carbocycles. The van der Waals surface area contributed by atoms with E-state index in [1.54, 1.807) is 12.4 Å². The van der Waals surface area contributed by atoms with Gasteiger partial charge < -0.3 is 14.5 Å². The Bertz CT molecular complexity index is 1020. The van der Waals surface area contributed by atoms with Crippen LogP contribution in [0.1, 0.15) is 0 Å². The van der Waals surface area contributed by atoms with Gasteiger partial charge >= 0.3 is 25.6 Å². The first-order valence-electron chi connectivity index (χ1n) is 8.97. The fourth-order valence-electron chi connectivity index (χ4n) is 2.15. The number of hydrogen-bond donors (Lipinski definition) is 0. The van der Waals surface area contributed by atoms with Crippen LogP contribution in [-0.4, -0.2) is 28.4 Å². The molecule has 0 aliphatic heterocycles. The molecular weight excluding hydrogens is 634 g/mol. The van der Waals surface area contributed by atoms with Gasteiger partial charge in [-0.15, -0.1) is 71.8 Å². The number of hydrogen-bond acceptors (Lipinski definition) is 5. The van der Waals surface area contributed by atoms with Crippen molar-refractivity contribution in [1.82, 2.24) is 9.97 Å². The number of nitrogens with zero attached hydrogens (tertiary/aromatic N) is 2. The van der Waals surface area contributed by atoms with Gasteiger partial charge in [-0.3, -0.25) is 0 Å². The van der Waals surface area contributed by atoms with Crippen LogP contribution in [0.4, 0.5) is 13.2 Å². The predicted octanol–water partition coefficient (Wildman–Crippen LogP) is 5.15. The molecule has 0 saturated heterocycles. The van der Waals surface area contributed by atoms with Crippen molar-refractivity contribution < 1.29 is 46.2 Å². The number of alkyl halides is 3. The van der Waals surface area contributed by atoms with Gasteiger partial charge in [0.25, 0.3) is 0 Å². The van der Waals surface area contributed by atoms with Gasteiger partial charge in [-0.2, -0.15) is 13.2 Å². The summed E-state index contributed by atoms with van der Waals surface area (Å²) in [5.74, 6) is 0. The minimum Gasteiger partial charge on any atom is -0.741 e. The summed E-state index contributed by atoms with van der Waals surface area (Å²) in [6, 6.07) is 33.6. The van der Waals surface area contributed by atoms with Crippen molar-refractivity contribution in [1.29, 1.82) is 0 Å². The Morgan fingerprint density at radius 2 is 1.06 bits per heavy atom. The molecule has 2 heterocycles. The van der Waals surface area contributed by atoms with Crippen molar-refractivity contribution in [2.24, 2.45) is 0 Å². The van der Waals surface area contributed by atoms with Crippen molar-refractivity contribution >= 4 is 10.1 Å². The number of rotatable bonds is 2. The van der Waals surface area contributed by atoms with Gasteiger partial charge in [0.2, 0.25) is 0 Å². The van der Waals surface area contributed by atoms with Crippen LogP contribution in [0.15, 0.2) is 97.3 Å². The molecule has 0 spiro atoms. The number of halogens is 3. The van der Waals surface area contributed by atoms with Crippen LogP contribution >= 0.6 is 0 Å². The molecule has 172 valence electrons. The Morgan fingerprint density at radius 1 is 0.697 bits per heavy atom. The first kappa shape index (κ1) is 28.1. The van der Waals surface area contributed by atoms with E-state index in [1.807, 2.05) is 84.9 Å². The SMILES string of the molecule is O=S(=O)([O-])C(F)(F)F.[Ir+3].[c-]1ccccc1-c1ccccn1.[c-]1ccccc1-c1ccccn1. The van der Waals surface area contributed by atoms with Crippen LogP contribution in [0.25, 0.3) is 22.5 Å². The summed E-state index contributed by atoms with van der Waals surface area (Å²) in [5, 5.41) is 0. The minimum absolute atomic E-state index is 0. The molecule has 0 saturated carbocycles. The van der Waals surface area contributed by atoms with Gasteiger partial charge in [0, 0.05) is 12.4 Å². The van der Waals surface area contributed by atoms with E-state index in [0.29, 0.717) is 0 Å².